The number of rotatable bonds is 7. The Bertz CT molecular complexity index is 376. The van der Waals surface area contributed by atoms with Crippen LogP contribution in [0, 0.1) is 11.8 Å². The van der Waals surface area contributed by atoms with Gasteiger partial charge >= 0.3 is 0 Å². The average Bonchev–Trinajstić information content (AvgIpc) is 2.42. The van der Waals surface area contributed by atoms with E-state index in [2.05, 4.69) is 26.1 Å². The fourth-order valence-electron chi connectivity index (χ4n) is 2.22. The molecule has 0 spiro atoms. The average molecular weight is 262 g/mol. The van der Waals surface area contributed by atoms with Gasteiger partial charge in [-0.25, -0.2) is 0 Å². The maximum Gasteiger partial charge on any atom is 0.224 e. The first-order valence-corrected chi connectivity index (χ1v) is 7.12. The standard InChI is InChI=1S/C16H26N2O/c1-4-15(12(2)3)18-16(19)14(11-17)10-13-8-6-5-7-9-13/h5-9,12,14-15H,4,10-11,17H2,1-3H3,(H,18,19). The van der Waals surface area contributed by atoms with Crippen LogP contribution in [0.5, 0.6) is 0 Å². The van der Waals surface area contributed by atoms with Crippen LogP contribution in [-0.4, -0.2) is 18.5 Å². The van der Waals surface area contributed by atoms with Crippen molar-refractivity contribution in [3.05, 3.63) is 35.9 Å². The molecule has 106 valence electrons. The summed E-state index contributed by atoms with van der Waals surface area (Å²) < 4.78 is 0. The van der Waals surface area contributed by atoms with Gasteiger partial charge in [0.05, 0.1) is 5.92 Å². The largest absolute Gasteiger partial charge is 0.353 e. The summed E-state index contributed by atoms with van der Waals surface area (Å²) >= 11 is 0. The zero-order valence-corrected chi connectivity index (χ0v) is 12.2. The minimum Gasteiger partial charge on any atom is -0.353 e. The molecule has 0 aliphatic heterocycles. The van der Waals surface area contributed by atoms with Crippen molar-refractivity contribution in [2.75, 3.05) is 6.54 Å². The second-order valence-corrected chi connectivity index (χ2v) is 5.39. The molecular weight excluding hydrogens is 236 g/mol. The van der Waals surface area contributed by atoms with E-state index in [0.29, 0.717) is 18.9 Å². The smallest absolute Gasteiger partial charge is 0.224 e. The molecule has 0 saturated heterocycles. The summed E-state index contributed by atoms with van der Waals surface area (Å²) in [6, 6.07) is 10.3. The minimum atomic E-state index is -0.143. The highest BCUT2D eigenvalue weighted by Crippen LogP contribution is 2.11. The molecule has 0 bridgehead atoms. The number of nitrogens with one attached hydrogen (secondary N) is 1. The second-order valence-electron chi connectivity index (χ2n) is 5.39. The van der Waals surface area contributed by atoms with Gasteiger partial charge in [0.2, 0.25) is 5.91 Å². The number of benzene rings is 1. The number of hydrogen-bond acceptors (Lipinski definition) is 2. The van der Waals surface area contributed by atoms with Crippen LogP contribution in [0.15, 0.2) is 30.3 Å². The summed E-state index contributed by atoms with van der Waals surface area (Å²) in [6.07, 6.45) is 1.66. The van der Waals surface area contributed by atoms with E-state index in [0.717, 1.165) is 12.0 Å². The Balaban J connectivity index is 2.61. The van der Waals surface area contributed by atoms with Crippen LogP contribution in [0.3, 0.4) is 0 Å². The van der Waals surface area contributed by atoms with Gasteiger partial charge in [-0.2, -0.15) is 0 Å². The van der Waals surface area contributed by atoms with Crippen LogP contribution in [0.1, 0.15) is 32.8 Å². The first-order valence-electron chi connectivity index (χ1n) is 7.12. The lowest BCUT2D eigenvalue weighted by Gasteiger charge is -2.24. The number of amides is 1. The predicted molar refractivity (Wildman–Crippen MR) is 79.8 cm³/mol. The van der Waals surface area contributed by atoms with Crippen molar-refractivity contribution in [1.82, 2.24) is 5.32 Å². The van der Waals surface area contributed by atoms with Crippen molar-refractivity contribution in [3.63, 3.8) is 0 Å². The molecule has 0 saturated carbocycles. The van der Waals surface area contributed by atoms with Crippen molar-refractivity contribution >= 4 is 5.91 Å². The first-order chi connectivity index (χ1) is 9.08. The lowest BCUT2D eigenvalue weighted by atomic mass is 9.96. The Kier molecular flexibility index (Phi) is 6.57. The third-order valence-electron chi connectivity index (χ3n) is 3.55. The summed E-state index contributed by atoms with van der Waals surface area (Å²) in [5.41, 5.74) is 6.91. The summed E-state index contributed by atoms with van der Waals surface area (Å²) in [7, 11) is 0. The van der Waals surface area contributed by atoms with E-state index in [1.807, 2.05) is 30.3 Å². The molecule has 0 radical (unpaired) electrons. The van der Waals surface area contributed by atoms with Crippen LogP contribution in [0.25, 0.3) is 0 Å². The molecular formula is C16H26N2O. The van der Waals surface area contributed by atoms with Gasteiger partial charge in [-0.05, 0) is 24.3 Å². The Labute approximate surface area is 116 Å². The summed E-state index contributed by atoms with van der Waals surface area (Å²) in [4.78, 5) is 12.3. The number of nitrogens with two attached hydrogens (primary N) is 1. The molecule has 0 heterocycles. The maximum absolute atomic E-state index is 12.3. The van der Waals surface area contributed by atoms with E-state index in [4.69, 9.17) is 5.73 Å². The molecule has 19 heavy (non-hydrogen) atoms. The SMILES string of the molecule is CCC(NC(=O)C(CN)Cc1ccccc1)C(C)C. The quantitative estimate of drug-likeness (QED) is 0.792. The molecule has 1 aromatic rings. The number of carbonyl (C=O) groups excluding carboxylic acids is 1. The van der Waals surface area contributed by atoms with Gasteiger partial charge in [0, 0.05) is 12.6 Å². The Morgan fingerprint density at radius 3 is 2.37 bits per heavy atom. The molecule has 0 aromatic heterocycles. The second kappa shape index (κ2) is 7.95. The highest BCUT2D eigenvalue weighted by atomic mass is 16.1. The van der Waals surface area contributed by atoms with Gasteiger partial charge in [0.15, 0.2) is 0 Å². The fourth-order valence-corrected chi connectivity index (χ4v) is 2.22. The van der Waals surface area contributed by atoms with E-state index < -0.39 is 0 Å². The molecule has 1 rings (SSSR count). The molecule has 3 nitrogen and oxygen atoms in total. The molecule has 0 aliphatic carbocycles. The minimum absolute atomic E-state index is 0.0758. The zero-order chi connectivity index (χ0) is 14.3. The predicted octanol–water partition coefficient (Wildman–Crippen LogP) is 2.35. The van der Waals surface area contributed by atoms with E-state index in [1.54, 1.807) is 0 Å². The third kappa shape index (κ3) is 5.03. The Morgan fingerprint density at radius 2 is 1.89 bits per heavy atom. The lowest BCUT2D eigenvalue weighted by Crippen LogP contribution is -2.44. The highest BCUT2D eigenvalue weighted by Gasteiger charge is 2.21. The molecule has 2 unspecified atom stereocenters. The van der Waals surface area contributed by atoms with Crippen molar-refractivity contribution in [2.24, 2.45) is 17.6 Å². The molecule has 0 aliphatic rings. The number of hydrogen-bond donors (Lipinski definition) is 2. The van der Waals surface area contributed by atoms with Gasteiger partial charge in [0.25, 0.3) is 0 Å². The van der Waals surface area contributed by atoms with Gasteiger partial charge in [-0.15, -0.1) is 0 Å². The topological polar surface area (TPSA) is 55.1 Å². The van der Waals surface area contributed by atoms with Gasteiger partial charge in [-0.1, -0.05) is 51.1 Å². The normalized spacial score (nSPS) is 14.2. The summed E-state index contributed by atoms with van der Waals surface area (Å²) in [5.74, 6) is 0.381. The molecule has 3 N–H and O–H groups in total. The van der Waals surface area contributed by atoms with Crippen molar-refractivity contribution < 1.29 is 4.79 Å². The van der Waals surface area contributed by atoms with E-state index in [9.17, 15) is 4.79 Å². The first kappa shape index (κ1) is 15.7. The van der Waals surface area contributed by atoms with Gasteiger partial charge < -0.3 is 11.1 Å². The summed E-state index contributed by atoms with van der Waals surface area (Å²) in [5, 5.41) is 3.12. The van der Waals surface area contributed by atoms with Crippen LogP contribution in [0.2, 0.25) is 0 Å². The zero-order valence-electron chi connectivity index (χ0n) is 12.2. The van der Waals surface area contributed by atoms with E-state index >= 15 is 0 Å². The van der Waals surface area contributed by atoms with E-state index in [1.165, 1.54) is 0 Å². The maximum atomic E-state index is 12.3. The van der Waals surface area contributed by atoms with Gasteiger partial charge in [-0.3, -0.25) is 4.79 Å². The van der Waals surface area contributed by atoms with E-state index in [-0.39, 0.29) is 17.9 Å². The Hall–Kier alpha value is -1.35. The van der Waals surface area contributed by atoms with Crippen LogP contribution < -0.4 is 11.1 Å². The van der Waals surface area contributed by atoms with Crippen LogP contribution in [0.4, 0.5) is 0 Å². The molecule has 3 heteroatoms. The fraction of sp³-hybridized carbons (Fsp3) is 0.562. The van der Waals surface area contributed by atoms with Gasteiger partial charge in [0.1, 0.15) is 0 Å². The number of carbonyl (C=O) groups is 1. The monoisotopic (exact) mass is 262 g/mol. The molecule has 1 aromatic carbocycles. The van der Waals surface area contributed by atoms with Crippen molar-refractivity contribution in [2.45, 2.75) is 39.7 Å². The third-order valence-corrected chi connectivity index (χ3v) is 3.55. The highest BCUT2D eigenvalue weighted by molar-refractivity contribution is 5.79. The van der Waals surface area contributed by atoms with Crippen molar-refractivity contribution in [1.29, 1.82) is 0 Å². The Morgan fingerprint density at radius 1 is 1.26 bits per heavy atom. The molecule has 0 fully saturated rings. The molecule has 2 atom stereocenters. The lowest BCUT2D eigenvalue weighted by molar-refractivity contribution is -0.125. The summed E-state index contributed by atoms with van der Waals surface area (Å²) in [6.45, 7) is 6.74. The van der Waals surface area contributed by atoms with Crippen molar-refractivity contribution in [3.8, 4) is 0 Å². The molecule has 1 amide bonds. The van der Waals surface area contributed by atoms with Crippen LogP contribution >= 0.6 is 0 Å². The van der Waals surface area contributed by atoms with Crippen LogP contribution in [-0.2, 0) is 11.2 Å².